The number of nitrogens with zero attached hydrogens (tertiary/aromatic N) is 3. The Bertz CT molecular complexity index is 791. The molecule has 1 aromatic carbocycles. The van der Waals surface area contributed by atoms with Crippen molar-refractivity contribution in [2.75, 3.05) is 23.5 Å². The first-order valence-corrected chi connectivity index (χ1v) is 7.74. The maximum Gasteiger partial charge on any atom is 0.263 e. The van der Waals surface area contributed by atoms with Crippen molar-refractivity contribution in [2.24, 2.45) is 0 Å². The van der Waals surface area contributed by atoms with Crippen molar-refractivity contribution in [2.45, 2.75) is 19.9 Å². The molecule has 1 aromatic heterocycles. The number of pyridine rings is 1. The van der Waals surface area contributed by atoms with Gasteiger partial charge in [0.2, 0.25) is 11.8 Å². The molecule has 6 nitrogen and oxygen atoms in total. The van der Waals surface area contributed by atoms with E-state index >= 15 is 0 Å². The zero-order valence-corrected chi connectivity index (χ0v) is 13.9. The number of carbonyl (C=O) groups excluding carboxylic acids is 2. The van der Waals surface area contributed by atoms with E-state index in [9.17, 15) is 9.59 Å². The van der Waals surface area contributed by atoms with Gasteiger partial charge in [0.05, 0.1) is 24.5 Å². The number of carbonyl (C=O) groups is 2. The molecule has 1 aliphatic heterocycles. The number of amides is 2. The first-order chi connectivity index (χ1) is 11.5. The SMILES string of the molecule is COc1ncccc1C(=O)N1C[C@H](C)N(C(C)=O)c2ccccc21. The zero-order valence-electron chi connectivity index (χ0n) is 13.9. The van der Waals surface area contributed by atoms with E-state index in [4.69, 9.17) is 4.74 Å². The van der Waals surface area contributed by atoms with Gasteiger partial charge in [0, 0.05) is 19.7 Å². The lowest BCUT2D eigenvalue weighted by atomic mass is 10.1. The molecule has 124 valence electrons. The summed E-state index contributed by atoms with van der Waals surface area (Å²) in [5.74, 6) is 0.0603. The van der Waals surface area contributed by atoms with Crippen molar-refractivity contribution in [1.82, 2.24) is 4.98 Å². The number of ether oxygens (including phenoxy) is 1. The number of para-hydroxylation sites is 2. The topological polar surface area (TPSA) is 62.7 Å². The van der Waals surface area contributed by atoms with E-state index in [1.807, 2.05) is 31.2 Å². The van der Waals surface area contributed by atoms with Gasteiger partial charge in [0.15, 0.2) is 0 Å². The van der Waals surface area contributed by atoms with Crippen LogP contribution in [0.2, 0.25) is 0 Å². The Morgan fingerprint density at radius 2 is 1.88 bits per heavy atom. The van der Waals surface area contributed by atoms with Crippen LogP contribution in [0.1, 0.15) is 24.2 Å². The lowest BCUT2D eigenvalue weighted by molar-refractivity contribution is -0.117. The van der Waals surface area contributed by atoms with E-state index in [0.29, 0.717) is 23.7 Å². The Balaban J connectivity index is 2.07. The van der Waals surface area contributed by atoms with Crippen LogP contribution in [0.25, 0.3) is 0 Å². The van der Waals surface area contributed by atoms with Gasteiger partial charge in [0.25, 0.3) is 5.91 Å². The number of hydrogen-bond donors (Lipinski definition) is 0. The van der Waals surface area contributed by atoms with Crippen molar-refractivity contribution in [3.8, 4) is 5.88 Å². The van der Waals surface area contributed by atoms with Gasteiger partial charge in [-0.05, 0) is 31.2 Å². The molecule has 1 aliphatic rings. The van der Waals surface area contributed by atoms with Gasteiger partial charge in [0.1, 0.15) is 5.56 Å². The van der Waals surface area contributed by atoms with Crippen LogP contribution in [0, 0.1) is 0 Å². The summed E-state index contributed by atoms with van der Waals surface area (Å²) in [4.78, 5) is 32.6. The summed E-state index contributed by atoms with van der Waals surface area (Å²) in [6.45, 7) is 3.88. The van der Waals surface area contributed by atoms with E-state index in [1.54, 1.807) is 28.1 Å². The molecule has 2 amide bonds. The number of anilines is 2. The fraction of sp³-hybridized carbons (Fsp3) is 0.278. The molecule has 2 aromatic rings. The number of hydrogen-bond acceptors (Lipinski definition) is 4. The third-order valence-corrected chi connectivity index (χ3v) is 4.10. The van der Waals surface area contributed by atoms with Gasteiger partial charge in [-0.25, -0.2) is 4.98 Å². The normalized spacial score (nSPS) is 16.5. The highest BCUT2D eigenvalue weighted by Gasteiger charge is 2.34. The second kappa shape index (κ2) is 6.31. The zero-order chi connectivity index (χ0) is 17.3. The molecule has 0 fully saturated rings. The molecule has 0 aliphatic carbocycles. The maximum atomic E-state index is 13.1. The highest BCUT2D eigenvalue weighted by atomic mass is 16.5. The van der Waals surface area contributed by atoms with Crippen LogP contribution in [-0.2, 0) is 4.79 Å². The molecule has 0 spiro atoms. The summed E-state index contributed by atoms with van der Waals surface area (Å²) >= 11 is 0. The van der Waals surface area contributed by atoms with Crippen molar-refractivity contribution < 1.29 is 14.3 Å². The van der Waals surface area contributed by atoms with Crippen LogP contribution in [0.15, 0.2) is 42.6 Å². The third-order valence-electron chi connectivity index (χ3n) is 4.10. The standard InChI is InChI=1S/C18H19N3O3/c1-12-11-20(18(23)14-7-6-10-19-17(14)24-3)15-8-4-5-9-16(15)21(12)13(2)22/h4-10,12H,11H2,1-3H3/t12-/m0/s1. The Labute approximate surface area is 140 Å². The number of rotatable bonds is 2. The summed E-state index contributed by atoms with van der Waals surface area (Å²) in [7, 11) is 1.49. The van der Waals surface area contributed by atoms with E-state index in [-0.39, 0.29) is 17.9 Å². The second-order valence-corrected chi connectivity index (χ2v) is 5.70. The van der Waals surface area contributed by atoms with Crippen LogP contribution >= 0.6 is 0 Å². The van der Waals surface area contributed by atoms with Crippen LogP contribution in [-0.4, -0.2) is 36.5 Å². The summed E-state index contributed by atoms with van der Waals surface area (Å²) in [5.41, 5.74) is 1.85. The van der Waals surface area contributed by atoms with Crippen molar-refractivity contribution in [1.29, 1.82) is 0 Å². The smallest absolute Gasteiger partial charge is 0.263 e. The average molecular weight is 325 g/mol. The minimum absolute atomic E-state index is 0.0407. The van der Waals surface area contributed by atoms with Gasteiger partial charge < -0.3 is 14.5 Å². The van der Waals surface area contributed by atoms with Gasteiger partial charge >= 0.3 is 0 Å². The number of aromatic nitrogens is 1. The fourth-order valence-corrected chi connectivity index (χ4v) is 3.11. The monoisotopic (exact) mass is 325 g/mol. The fourth-order valence-electron chi connectivity index (χ4n) is 3.11. The molecule has 24 heavy (non-hydrogen) atoms. The second-order valence-electron chi connectivity index (χ2n) is 5.70. The molecule has 0 saturated heterocycles. The van der Waals surface area contributed by atoms with Crippen LogP contribution in [0.5, 0.6) is 5.88 Å². The van der Waals surface area contributed by atoms with Gasteiger partial charge in [-0.2, -0.15) is 0 Å². The Morgan fingerprint density at radius 1 is 1.17 bits per heavy atom. The van der Waals surface area contributed by atoms with Crippen molar-refractivity contribution >= 4 is 23.2 Å². The summed E-state index contributed by atoms with van der Waals surface area (Å²) in [5, 5.41) is 0. The Hall–Kier alpha value is -2.89. The first-order valence-electron chi connectivity index (χ1n) is 7.74. The molecule has 2 heterocycles. The molecule has 0 unspecified atom stereocenters. The highest BCUT2D eigenvalue weighted by Crippen LogP contribution is 2.36. The van der Waals surface area contributed by atoms with Gasteiger partial charge in [-0.15, -0.1) is 0 Å². The molecule has 0 radical (unpaired) electrons. The number of methoxy groups -OCH3 is 1. The van der Waals surface area contributed by atoms with Gasteiger partial charge in [-0.3, -0.25) is 9.59 Å². The van der Waals surface area contributed by atoms with Crippen LogP contribution in [0.3, 0.4) is 0 Å². The molecule has 3 rings (SSSR count). The lowest BCUT2D eigenvalue weighted by Gasteiger charge is -2.40. The predicted octanol–water partition coefficient (Wildman–Crippen LogP) is 2.49. The Kier molecular flexibility index (Phi) is 4.20. The first kappa shape index (κ1) is 16.0. The van der Waals surface area contributed by atoms with Crippen molar-refractivity contribution in [3.05, 3.63) is 48.2 Å². The molecule has 0 bridgehead atoms. The largest absolute Gasteiger partial charge is 0.480 e. The molecular weight excluding hydrogens is 306 g/mol. The molecule has 0 N–H and O–H groups in total. The average Bonchev–Trinajstić information content (AvgIpc) is 2.59. The van der Waals surface area contributed by atoms with E-state index in [2.05, 4.69) is 4.98 Å². The minimum atomic E-state index is -0.192. The molecule has 6 heteroatoms. The number of benzene rings is 1. The van der Waals surface area contributed by atoms with E-state index in [1.165, 1.54) is 14.0 Å². The summed E-state index contributed by atoms with van der Waals surface area (Å²) < 4.78 is 5.21. The summed E-state index contributed by atoms with van der Waals surface area (Å²) in [6, 6.07) is 10.7. The van der Waals surface area contributed by atoms with E-state index in [0.717, 1.165) is 5.69 Å². The lowest BCUT2D eigenvalue weighted by Crippen LogP contribution is -2.51. The van der Waals surface area contributed by atoms with Crippen LogP contribution in [0.4, 0.5) is 11.4 Å². The quantitative estimate of drug-likeness (QED) is 0.851. The van der Waals surface area contributed by atoms with Crippen LogP contribution < -0.4 is 14.5 Å². The summed E-state index contributed by atoms with van der Waals surface area (Å²) in [6.07, 6.45) is 1.58. The van der Waals surface area contributed by atoms with Crippen molar-refractivity contribution in [3.63, 3.8) is 0 Å². The minimum Gasteiger partial charge on any atom is -0.480 e. The van der Waals surface area contributed by atoms with Gasteiger partial charge in [-0.1, -0.05) is 12.1 Å². The highest BCUT2D eigenvalue weighted by molar-refractivity contribution is 6.11. The molecule has 1 atom stereocenters. The third kappa shape index (κ3) is 2.60. The predicted molar refractivity (Wildman–Crippen MR) is 91.5 cm³/mol. The maximum absolute atomic E-state index is 13.1. The molecule has 0 saturated carbocycles. The molecular formula is C18H19N3O3. The van der Waals surface area contributed by atoms with E-state index < -0.39 is 0 Å². The number of fused-ring (bicyclic) bond motifs is 1. The Morgan fingerprint density at radius 3 is 2.54 bits per heavy atom.